The summed E-state index contributed by atoms with van der Waals surface area (Å²) in [5, 5.41) is 26.8. The lowest BCUT2D eigenvalue weighted by atomic mass is 10.1. The second-order valence-corrected chi connectivity index (χ2v) is 16.1. The number of carbonyl (C=O) groups is 6. The molecule has 5 rings (SSSR count). The average Bonchev–Trinajstić information content (AvgIpc) is 3.20. The van der Waals surface area contributed by atoms with E-state index < -0.39 is 47.3 Å². The Kier molecular flexibility index (Phi) is 16.4. The first-order valence-electron chi connectivity index (χ1n) is 17.4. The summed E-state index contributed by atoms with van der Waals surface area (Å²) in [6, 6.07) is 16.1. The molecular formula is C40H26Cl8N8O6. The molecule has 0 aromatic heterocycles. The average molecular weight is 998 g/mol. The Morgan fingerprint density at radius 1 is 0.419 bits per heavy atom. The third-order valence-corrected chi connectivity index (χ3v) is 10.6. The monoisotopic (exact) mass is 994 g/mol. The molecule has 0 bridgehead atoms. The molecule has 0 aliphatic carbocycles. The lowest BCUT2D eigenvalue weighted by molar-refractivity contribution is -0.127. The highest BCUT2D eigenvalue weighted by molar-refractivity contribution is 6.39. The van der Waals surface area contributed by atoms with Gasteiger partial charge in [0.2, 0.25) is 12.1 Å². The minimum atomic E-state index is -1.71. The van der Waals surface area contributed by atoms with Gasteiger partial charge in [-0.3, -0.25) is 28.8 Å². The number of hydrogen-bond acceptors (Lipinski definition) is 10. The largest absolute Gasteiger partial charge is 0.322 e. The van der Waals surface area contributed by atoms with Gasteiger partial charge in [0.25, 0.3) is 23.6 Å². The van der Waals surface area contributed by atoms with Crippen LogP contribution in [0.5, 0.6) is 0 Å². The summed E-state index contributed by atoms with van der Waals surface area (Å²) in [7, 11) is 0. The van der Waals surface area contributed by atoms with E-state index in [-0.39, 0.29) is 75.4 Å². The number of halogens is 8. The fraction of sp³-hybridized carbons (Fsp3) is 0.100. The summed E-state index contributed by atoms with van der Waals surface area (Å²) in [5.41, 5.74) is 0.430. The minimum Gasteiger partial charge on any atom is -0.322 e. The fourth-order valence-corrected chi connectivity index (χ4v) is 6.46. The lowest BCUT2D eigenvalue weighted by Crippen LogP contribution is -2.32. The van der Waals surface area contributed by atoms with Gasteiger partial charge in [0.05, 0.1) is 52.9 Å². The van der Waals surface area contributed by atoms with Crippen molar-refractivity contribution in [2.45, 2.75) is 25.9 Å². The number of amides is 4. The Morgan fingerprint density at radius 3 is 1.11 bits per heavy atom. The summed E-state index contributed by atoms with van der Waals surface area (Å²) < 4.78 is 0. The highest BCUT2D eigenvalue weighted by Gasteiger charge is 2.27. The molecule has 14 nitrogen and oxygen atoms in total. The molecule has 0 radical (unpaired) electrons. The van der Waals surface area contributed by atoms with Crippen LogP contribution in [0.1, 0.15) is 34.6 Å². The van der Waals surface area contributed by atoms with Crippen LogP contribution in [0.25, 0.3) is 0 Å². The Bertz CT molecular complexity index is 2530. The molecule has 4 N–H and O–H groups in total. The molecule has 0 spiro atoms. The molecule has 62 heavy (non-hydrogen) atoms. The van der Waals surface area contributed by atoms with Crippen molar-refractivity contribution < 1.29 is 28.8 Å². The first-order valence-corrected chi connectivity index (χ1v) is 20.4. The van der Waals surface area contributed by atoms with E-state index in [0.29, 0.717) is 10.0 Å². The zero-order valence-electron chi connectivity index (χ0n) is 31.5. The van der Waals surface area contributed by atoms with Crippen LogP contribution in [-0.2, 0) is 19.2 Å². The molecule has 0 fully saturated rings. The molecule has 318 valence electrons. The van der Waals surface area contributed by atoms with Gasteiger partial charge < -0.3 is 21.3 Å². The van der Waals surface area contributed by atoms with Gasteiger partial charge >= 0.3 is 0 Å². The molecule has 0 heterocycles. The van der Waals surface area contributed by atoms with Crippen molar-refractivity contribution in [1.29, 1.82) is 0 Å². The summed E-state index contributed by atoms with van der Waals surface area (Å²) in [5.74, 6) is -4.56. The van der Waals surface area contributed by atoms with Gasteiger partial charge in [-0.1, -0.05) is 92.8 Å². The summed E-state index contributed by atoms with van der Waals surface area (Å²) >= 11 is 49.7. The second-order valence-electron chi connectivity index (χ2n) is 12.7. The number of azo groups is 2. The Hall–Kier alpha value is -5.16. The quantitative estimate of drug-likeness (QED) is 0.0630. The van der Waals surface area contributed by atoms with Crippen molar-refractivity contribution in [3.05, 3.63) is 136 Å². The number of carbonyl (C=O) groups excluding carboxylic acids is 6. The van der Waals surface area contributed by atoms with Crippen LogP contribution < -0.4 is 21.3 Å². The molecule has 2 unspecified atom stereocenters. The summed E-state index contributed by atoms with van der Waals surface area (Å²) in [6.45, 7) is 2.19. The normalized spacial score (nSPS) is 12.2. The Balaban J connectivity index is 1.27. The molecule has 5 aromatic rings. The maximum Gasteiger partial charge on any atom is 0.258 e. The SMILES string of the molecule is CC(=O)C(N=Nc1cc(C(=O)Nc2cc(Cl)ccc2Cl)ccc1Cl)C(=O)Nc1cc(Cl)c(NC(=O)C(N=Nc2cc(C(=O)Nc3cc(Cl)ccc3Cl)ccc2Cl)C(C)=O)cc1Cl. The second kappa shape index (κ2) is 21.3. The van der Waals surface area contributed by atoms with Gasteiger partial charge in [-0.15, -0.1) is 0 Å². The molecule has 0 saturated carbocycles. The van der Waals surface area contributed by atoms with Gasteiger partial charge in [0.1, 0.15) is 11.4 Å². The van der Waals surface area contributed by atoms with Gasteiger partial charge in [-0.05, 0) is 98.8 Å². The topological polar surface area (TPSA) is 200 Å². The third-order valence-electron chi connectivity index (χ3n) is 8.17. The maximum atomic E-state index is 13.3. The number of ketones is 2. The number of nitrogens with one attached hydrogen (secondary N) is 4. The highest BCUT2D eigenvalue weighted by atomic mass is 35.5. The minimum absolute atomic E-state index is 0.0418. The van der Waals surface area contributed by atoms with Crippen LogP contribution >= 0.6 is 92.8 Å². The predicted octanol–water partition coefficient (Wildman–Crippen LogP) is 12.8. The van der Waals surface area contributed by atoms with Gasteiger partial charge in [-0.25, -0.2) is 0 Å². The number of rotatable bonds is 14. The Morgan fingerprint density at radius 2 is 0.758 bits per heavy atom. The van der Waals surface area contributed by atoms with Crippen LogP contribution in [-0.4, -0.2) is 47.3 Å². The predicted molar refractivity (Wildman–Crippen MR) is 243 cm³/mol. The first-order chi connectivity index (χ1) is 29.3. The highest BCUT2D eigenvalue weighted by Crippen LogP contribution is 2.35. The summed E-state index contributed by atoms with van der Waals surface area (Å²) in [4.78, 5) is 77.6. The molecule has 0 aliphatic heterocycles. The van der Waals surface area contributed by atoms with Crippen molar-refractivity contribution in [2.75, 3.05) is 21.3 Å². The van der Waals surface area contributed by atoms with E-state index in [9.17, 15) is 28.8 Å². The van der Waals surface area contributed by atoms with Crippen LogP contribution in [0.4, 0.5) is 34.1 Å². The number of Topliss-reactive ketones (excluding diaryl/α,β-unsaturated/α-hetero) is 2. The van der Waals surface area contributed by atoms with Gasteiger partial charge in [0.15, 0.2) is 11.6 Å². The van der Waals surface area contributed by atoms with Crippen LogP contribution in [0.3, 0.4) is 0 Å². The van der Waals surface area contributed by atoms with Crippen LogP contribution in [0, 0.1) is 0 Å². The van der Waals surface area contributed by atoms with Gasteiger partial charge in [0, 0.05) is 21.2 Å². The van der Waals surface area contributed by atoms with E-state index in [0.717, 1.165) is 13.8 Å². The van der Waals surface area contributed by atoms with Crippen LogP contribution in [0.15, 0.2) is 105 Å². The van der Waals surface area contributed by atoms with E-state index in [4.69, 9.17) is 92.8 Å². The standard InChI is InChI=1S/C40H26Cl8N8O6/c1-17(57)35(55-53-33-11-19(3-7-25(33)45)37(59)49-29-13-21(41)5-9-23(29)43)39(61)51-31-15-28(48)32(16-27(31)47)52-40(62)36(18(2)58)56-54-34-12-20(4-8-26(34)46)38(60)50-30-14-22(42)6-10-24(30)44/h3-16,35-36H,1-2H3,(H,49,59)(H,50,60)(H,51,61)(H,52,62). The van der Waals surface area contributed by atoms with E-state index in [1.807, 2.05) is 0 Å². The molecule has 0 aliphatic rings. The molecule has 5 aromatic carbocycles. The zero-order chi connectivity index (χ0) is 45.4. The number of hydrogen-bond donors (Lipinski definition) is 4. The molecule has 4 amide bonds. The maximum absolute atomic E-state index is 13.3. The van der Waals surface area contributed by atoms with Crippen molar-refractivity contribution in [2.24, 2.45) is 20.5 Å². The van der Waals surface area contributed by atoms with Crippen molar-refractivity contribution in [3.8, 4) is 0 Å². The third kappa shape index (κ3) is 12.5. The summed E-state index contributed by atoms with van der Waals surface area (Å²) in [6.07, 6.45) is 0. The Labute approximate surface area is 392 Å². The fourth-order valence-electron chi connectivity index (χ4n) is 5.05. The van der Waals surface area contributed by atoms with Gasteiger partial charge in [-0.2, -0.15) is 20.5 Å². The van der Waals surface area contributed by atoms with Crippen molar-refractivity contribution >= 4 is 162 Å². The zero-order valence-corrected chi connectivity index (χ0v) is 37.5. The van der Waals surface area contributed by atoms with E-state index in [2.05, 4.69) is 41.7 Å². The smallest absolute Gasteiger partial charge is 0.258 e. The van der Waals surface area contributed by atoms with Crippen molar-refractivity contribution in [3.63, 3.8) is 0 Å². The number of anilines is 4. The molecule has 22 heteroatoms. The first kappa shape index (κ1) is 47.9. The van der Waals surface area contributed by atoms with Crippen LogP contribution in [0.2, 0.25) is 40.2 Å². The van der Waals surface area contributed by atoms with Crippen molar-refractivity contribution in [1.82, 2.24) is 0 Å². The number of benzene rings is 5. The molecular weight excluding hydrogens is 972 g/mol. The number of nitrogens with zero attached hydrogens (tertiary/aromatic N) is 4. The van der Waals surface area contributed by atoms with E-state index in [1.165, 1.54) is 72.8 Å². The van der Waals surface area contributed by atoms with E-state index in [1.54, 1.807) is 12.1 Å². The lowest BCUT2D eigenvalue weighted by Gasteiger charge is -2.15. The molecule has 0 saturated heterocycles. The molecule has 2 atom stereocenters. The van der Waals surface area contributed by atoms with E-state index >= 15 is 0 Å².